The monoisotopic (exact) mass is 144 g/mol. The lowest BCUT2D eigenvalue weighted by molar-refractivity contribution is 0.381. The summed E-state index contributed by atoms with van der Waals surface area (Å²) in [5.41, 5.74) is 0. The van der Waals surface area contributed by atoms with E-state index >= 15 is 0 Å². The SMILES string of the molecule is O=S(=O)(O)O.O=[SiH2]. The Kier molecular flexibility index (Phi) is 5.79. The third kappa shape index (κ3) is 6950. The molecule has 0 bridgehead atoms. The van der Waals surface area contributed by atoms with Crippen molar-refractivity contribution in [1.29, 1.82) is 0 Å². The third-order valence-electron chi connectivity index (χ3n) is 0. The molecule has 0 rings (SSSR count). The van der Waals surface area contributed by atoms with Gasteiger partial charge < -0.3 is 4.46 Å². The minimum absolute atomic E-state index is 0.611. The maximum absolute atomic E-state index is 8.74. The molecular formula is H4O5SSi. The number of hydrogen-bond donors (Lipinski definition) is 2. The molecule has 0 heterocycles. The Balaban J connectivity index is 0. The highest BCUT2D eigenvalue weighted by Crippen LogP contribution is 1.59. The van der Waals surface area contributed by atoms with E-state index in [9.17, 15) is 0 Å². The zero-order valence-electron chi connectivity index (χ0n) is 3.23. The van der Waals surface area contributed by atoms with Crippen molar-refractivity contribution in [2.24, 2.45) is 0 Å². The van der Waals surface area contributed by atoms with Crippen molar-refractivity contribution in [1.82, 2.24) is 0 Å². The van der Waals surface area contributed by atoms with Gasteiger partial charge in [0.15, 0.2) is 0 Å². The van der Waals surface area contributed by atoms with Crippen LogP contribution in [0.4, 0.5) is 0 Å². The van der Waals surface area contributed by atoms with Crippen LogP contribution in [0, 0.1) is 0 Å². The topological polar surface area (TPSA) is 91.7 Å². The predicted octanol–water partition coefficient (Wildman–Crippen LogP) is -1.69. The molecule has 0 atom stereocenters. The van der Waals surface area contributed by atoms with Gasteiger partial charge in [0.2, 0.25) is 10.1 Å². The van der Waals surface area contributed by atoms with Gasteiger partial charge in [0.25, 0.3) is 0 Å². The summed E-state index contributed by atoms with van der Waals surface area (Å²) >= 11 is 0. The van der Waals surface area contributed by atoms with Crippen LogP contribution in [0.3, 0.4) is 0 Å². The minimum Gasteiger partial charge on any atom is -0.396 e. The first kappa shape index (κ1) is 9.99. The molecule has 0 aliphatic heterocycles. The van der Waals surface area contributed by atoms with Crippen LogP contribution < -0.4 is 0 Å². The van der Waals surface area contributed by atoms with Crippen LogP contribution in [-0.4, -0.2) is 27.7 Å². The molecule has 0 aliphatic rings. The van der Waals surface area contributed by atoms with Crippen molar-refractivity contribution < 1.29 is 22.0 Å². The van der Waals surface area contributed by atoms with Crippen LogP contribution in [0.1, 0.15) is 0 Å². The van der Waals surface area contributed by atoms with Gasteiger partial charge in [-0.05, 0) is 0 Å². The molecule has 7 heteroatoms. The van der Waals surface area contributed by atoms with Crippen LogP contribution in [0.15, 0.2) is 0 Å². The average Bonchev–Trinajstić information content (AvgIpc) is 1.36. The molecule has 7 heavy (non-hydrogen) atoms. The lowest BCUT2D eigenvalue weighted by atomic mass is 15.8. The van der Waals surface area contributed by atoms with Gasteiger partial charge in [-0.25, -0.2) is 0 Å². The summed E-state index contributed by atoms with van der Waals surface area (Å²) in [6.45, 7) is 0. The fourth-order valence-electron chi connectivity index (χ4n) is 0. The molecule has 0 aromatic carbocycles. The molecule has 0 aromatic heterocycles. The van der Waals surface area contributed by atoms with E-state index in [4.69, 9.17) is 22.0 Å². The molecule has 0 amide bonds. The molecule has 0 radical (unpaired) electrons. The molecule has 5 nitrogen and oxygen atoms in total. The van der Waals surface area contributed by atoms with Crippen LogP contribution in [-0.2, 0) is 14.9 Å². The summed E-state index contributed by atoms with van der Waals surface area (Å²) in [7, 11) is -4.06. The summed E-state index contributed by atoms with van der Waals surface area (Å²) in [4.78, 5) is 0. The standard InChI is InChI=1S/H2O4S.H2OSi/c1-5(2,3)4;1-2/h(H2,1,2,3,4);2H2. The summed E-state index contributed by atoms with van der Waals surface area (Å²) in [6, 6.07) is 0. The fourth-order valence-corrected chi connectivity index (χ4v) is 0. The average molecular weight is 144 g/mol. The van der Waals surface area contributed by atoms with E-state index in [0.29, 0.717) is 10.1 Å². The van der Waals surface area contributed by atoms with Crippen molar-refractivity contribution in [3.8, 4) is 0 Å². The van der Waals surface area contributed by atoms with Gasteiger partial charge in [-0.3, -0.25) is 9.11 Å². The largest absolute Gasteiger partial charge is 0.396 e. The van der Waals surface area contributed by atoms with Gasteiger partial charge in [0, 0.05) is 0 Å². The van der Waals surface area contributed by atoms with Crippen LogP contribution in [0.2, 0.25) is 0 Å². The second-order valence-corrected chi connectivity index (χ2v) is 1.34. The summed E-state index contributed by atoms with van der Waals surface area (Å²) in [6.07, 6.45) is 0. The summed E-state index contributed by atoms with van der Waals surface area (Å²) in [5, 5.41) is 0. The maximum Gasteiger partial charge on any atom is 0.394 e. The molecule has 44 valence electrons. The Morgan fingerprint density at radius 1 is 1.14 bits per heavy atom. The van der Waals surface area contributed by atoms with Crippen molar-refractivity contribution in [2.75, 3.05) is 0 Å². The third-order valence-corrected chi connectivity index (χ3v) is 0. The second-order valence-electron chi connectivity index (χ2n) is 0.448. The van der Waals surface area contributed by atoms with Gasteiger partial charge in [-0.15, -0.1) is 0 Å². The maximum atomic E-state index is 8.74. The van der Waals surface area contributed by atoms with Gasteiger partial charge in [0.1, 0.15) is 0 Å². The van der Waals surface area contributed by atoms with Gasteiger partial charge in [0.05, 0.1) is 0 Å². The van der Waals surface area contributed by atoms with Gasteiger partial charge >= 0.3 is 10.4 Å². The molecule has 0 fully saturated rings. The van der Waals surface area contributed by atoms with Gasteiger partial charge in [-0.2, -0.15) is 8.42 Å². The summed E-state index contributed by atoms with van der Waals surface area (Å²) in [5.74, 6) is 0. The Morgan fingerprint density at radius 3 is 1.14 bits per heavy atom. The first-order valence-corrected chi connectivity index (χ1v) is 2.96. The van der Waals surface area contributed by atoms with E-state index in [1.165, 1.54) is 0 Å². The molecule has 0 unspecified atom stereocenters. The van der Waals surface area contributed by atoms with Crippen LogP contribution in [0.5, 0.6) is 0 Å². The highest BCUT2D eigenvalue weighted by molar-refractivity contribution is 7.79. The Bertz CT molecular complexity index is 102. The molecule has 0 saturated carbocycles. The smallest absolute Gasteiger partial charge is 0.394 e. The lowest BCUT2D eigenvalue weighted by Crippen LogP contribution is -1.89. The van der Waals surface area contributed by atoms with E-state index < -0.39 is 10.4 Å². The highest BCUT2D eigenvalue weighted by Gasteiger charge is 1.84. The molecule has 0 aliphatic carbocycles. The molecule has 0 spiro atoms. The normalized spacial score (nSPS) is 8.86. The highest BCUT2D eigenvalue weighted by atomic mass is 32.3. The van der Waals surface area contributed by atoms with E-state index in [1.54, 1.807) is 0 Å². The van der Waals surface area contributed by atoms with E-state index in [1.807, 2.05) is 0 Å². The van der Waals surface area contributed by atoms with Crippen LogP contribution in [0.25, 0.3) is 0 Å². The Hall–Kier alpha value is -0.113. The first-order valence-electron chi connectivity index (χ1n) is 0.987. The van der Waals surface area contributed by atoms with Crippen molar-refractivity contribution >= 4 is 20.5 Å². The Labute approximate surface area is 43.4 Å². The zero-order valence-corrected chi connectivity index (χ0v) is 5.47. The lowest BCUT2D eigenvalue weighted by Gasteiger charge is -1.68. The Morgan fingerprint density at radius 2 is 1.14 bits per heavy atom. The van der Waals surface area contributed by atoms with Crippen molar-refractivity contribution in [2.45, 2.75) is 0 Å². The van der Waals surface area contributed by atoms with E-state index in [-0.39, 0.29) is 0 Å². The number of rotatable bonds is 0. The fraction of sp³-hybridized carbons (Fsp3) is 0. The second kappa shape index (κ2) is 4.06. The molecule has 0 saturated heterocycles. The molecule has 0 aromatic rings. The zero-order chi connectivity index (χ0) is 6.50. The van der Waals surface area contributed by atoms with Crippen molar-refractivity contribution in [3.63, 3.8) is 0 Å². The van der Waals surface area contributed by atoms with Crippen LogP contribution >= 0.6 is 0 Å². The molecular weight excluding hydrogens is 140 g/mol. The van der Waals surface area contributed by atoms with Crippen molar-refractivity contribution in [3.05, 3.63) is 0 Å². The first-order chi connectivity index (χ1) is 3.00. The predicted molar refractivity (Wildman–Crippen MR) is 23.4 cm³/mol. The summed E-state index contributed by atoms with van der Waals surface area (Å²) < 4.78 is 39.9. The quantitative estimate of drug-likeness (QED) is 0.313. The molecule has 2 N–H and O–H groups in total. The van der Waals surface area contributed by atoms with E-state index in [2.05, 4.69) is 0 Å². The minimum atomic E-state index is -4.67. The number of hydrogen-bond acceptors (Lipinski definition) is 3. The van der Waals surface area contributed by atoms with E-state index in [0.717, 1.165) is 0 Å². The van der Waals surface area contributed by atoms with Gasteiger partial charge in [-0.1, -0.05) is 0 Å².